The van der Waals surface area contributed by atoms with Crippen molar-refractivity contribution in [3.8, 4) is 46.0 Å². The van der Waals surface area contributed by atoms with Gasteiger partial charge in [-0.15, -0.1) is 0 Å². The maximum Gasteiger partial charge on any atom is 0.335 e. The molecule has 11 nitrogen and oxygen atoms in total. The Morgan fingerprint density at radius 1 is 0.735 bits per heavy atom. The number of likely N-dealkylation sites (N-methyl/N-ethyl adjacent to an activating group) is 2. The van der Waals surface area contributed by atoms with Gasteiger partial charge in [-0.2, -0.15) is 0 Å². The number of hydrogen-bond acceptors (Lipinski definition) is 9. The molecule has 4 aromatic rings. The number of ether oxygens (including phenoxy) is 6. The molecule has 2 heterocycles. The van der Waals surface area contributed by atoms with Crippen LogP contribution in [-0.2, 0) is 19.3 Å². The number of methoxy groups -OCH3 is 4. The Hall–Kier alpha value is -5.42. The molecule has 49 heavy (non-hydrogen) atoms. The zero-order valence-corrected chi connectivity index (χ0v) is 28.5. The average molecular weight is 669 g/mol. The normalized spacial score (nSPS) is 15.6. The van der Waals surface area contributed by atoms with Crippen LogP contribution in [-0.4, -0.2) is 82.4 Å². The predicted molar refractivity (Wildman–Crippen MR) is 183 cm³/mol. The monoisotopic (exact) mass is 668 g/mol. The van der Waals surface area contributed by atoms with E-state index >= 15 is 0 Å². The van der Waals surface area contributed by atoms with Crippen molar-refractivity contribution in [1.29, 1.82) is 0 Å². The van der Waals surface area contributed by atoms with Crippen LogP contribution in [0.15, 0.2) is 60.7 Å². The van der Waals surface area contributed by atoms with Gasteiger partial charge in [-0.3, -0.25) is 9.69 Å². The summed E-state index contributed by atoms with van der Waals surface area (Å²) in [5.74, 6) is 2.84. The quantitative estimate of drug-likeness (QED) is 0.192. The van der Waals surface area contributed by atoms with E-state index in [1.807, 2.05) is 30.3 Å². The second kappa shape index (κ2) is 14.0. The second-order valence-corrected chi connectivity index (χ2v) is 12.1. The number of benzene rings is 4. The summed E-state index contributed by atoms with van der Waals surface area (Å²) >= 11 is 0. The molecule has 0 saturated carbocycles. The van der Waals surface area contributed by atoms with Crippen molar-refractivity contribution < 1.29 is 43.1 Å². The zero-order chi connectivity index (χ0) is 34.8. The lowest BCUT2D eigenvalue weighted by Crippen LogP contribution is -2.34. The molecule has 0 spiro atoms. The summed E-state index contributed by atoms with van der Waals surface area (Å²) < 4.78 is 36.1. The van der Waals surface area contributed by atoms with E-state index < -0.39 is 5.97 Å². The lowest BCUT2D eigenvalue weighted by Gasteiger charge is -2.37. The van der Waals surface area contributed by atoms with E-state index in [4.69, 9.17) is 28.4 Å². The Labute approximate surface area is 285 Å². The minimum atomic E-state index is -1.01. The van der Waals surface area contributed by atoms with E-state index in [1.54, 1.807) is 58.6 Å². The molecule has 0 fully saturated rings. The van der Waals surface area contributed by atoms with Gasteiger partial charge >= 0.3 is 5.97 Å². The highest BCUT2D eigenvalue weighted by atomic mass is 16.5. The molecule has 256 valence electrons. The van der Waals surface area contributed by atoms with Crippen molar-refractivity contribution in [2.45, 2.75) is 25.3 Å². The average Bonchev–Trinajstić information content (AvgIpc) is 3.11. The maximum absolute atomic E-state index is 13.1. The molecule has 1 amide bonds. The number of nitrogens with zero attached hydrogens (tertiary/aromatic N) is 2. The number of hydrogen-bond donors (Lipinski definition) is 1. The minimum absolute atomic E-state index is 0.0682. The Bertz CT molecular complexity index is 1890. The molecule has 6 rings (SSSR count). The highest BCUT2D eigenvalue weighted by Gasteiger charge is 2.34. The molecule has 11 heteroatoms. The zero-order valence-electron chi connectivity index (χ0n) is 28.5. The molecular formula is C38H40N2O9. The molecule has 4 aromatic carbocycles. The van der Waals surface area contributed by atoms with E-state index in [1.165, 1.54) is 12.1 Å². The molecule has 1 atom stereocenters. The first-order valence-corrected chi connectivity index (χ1v) is 16.0. The third-order valence-corrected chi connectivity index (χ3v) is 9.23. The fraction of sp³-hybridized carbons (Fsp3) is 0.316. The van der Waals surface area contributed by atoms with E-state index in [2.05, 4.69) is 11.9 Å². The smallest absolute Gasteiger partial charge is 0.335 e. The van der Waals surface area contributed by atoms with Crippen molar-refractivity contribution >= 4 is 11.9 Å². The van der Waals surface area contributed by atoms with Gasteiger partial charge in [0.25, 0.3) is 5.91 Å². The first-order chi connectivity index (χ1) is 23.6. The summed E-state index contributed by atoms with van der Waals surface area (Å²) in [6, 6.07) is 17.5. The third-order valence-electron chi connectivity index (χ3n) is 9.23. The largest absolute Gasteiger partial charge is 0.493 e. The highest BCUT2D eigenvalue weighted by molar-refractivity contribution is 5.97. The van der Waals surface area contributed by atoms with Crippen LogP contribution in [0.2, 0.25) is 0 Å². The number of carboxylic acid groups (broad SMARTS) is 1. The molecule has 0 saturated heterocycles. The van der Waals surface area contributed by atoms with Crippen LogP contribution < -0.4 is 28.4 Å². The fourth-order valence-electron chi connectivity index (χ4n) is 6.53. The Kier molecular flexibility index (Phi) is 9.55. The van der Waals surface area contributed by atoms with Gasteiger partial charge in [0.1, 0.15) is 5.75 Å². The van der Waals surface area contributed by atoms with Crippen molar-refractivity contribution in [2.24, 2.45) is 0 Å². The number of aromatic carboxylic acids is 1. The van der Waals surface area contributed by atoms with Crippen molar-refractivity contribution in [3.05, 3.63) is 94.0 Å². The maximum atomic E-state index is 13.1. The van der Waals surface area contributed by atoms with Gasteiger partial charge in [0, 0.05) is 37.3 Å². The molecule has 1 N–H and O–H groups in total. The summed E-state index contributed by atoms with van der Waals surface area (Å²) in [5.41, 5.74) is 4.65. The van der Waals surface area contributed by atoms with E-state index in [9.17, 15) is 14.7 Å². The van der Waals surface area contributed by atoms with Crippen molar-refractivity contribution in [1.82, 2.24) is 9.80 Å². The molecule has 0 bridgehead atoms. The van der Waals surface area contributed by atoms with E-state index in [0.717, 1.165) is 41.6 Å². The van der Waals surface area contributed by atoms with Gasteiger partial charge in [0.05, 0.1) is 34.0 Å². The first-order valence-electron chi connectivity index (χ1n) is 16.0. The summed E-state index contributed by atoms with van der Waals surface area (Å²) in [6.45, 7) is 1.43. The molecule has 0 radical (unpaired) electrons. The summed E-state index contributed by atoms with van der Waals surface area (Å²) in [7, 11) is 10.2. The predicted octanol–water partition coefficient (Wildman–Crippen LogP) is 6.40. The van der Waals surface area contributed by atoms with E-state index in [-0.39, 0.29) is 17.5 Å². The lowest BCUT2D eigenvalue weighted by atomic mass is 9.87. The number of rotatable bonds is 11. The SMILES string of the molecule is COc1ccc(CC2c3c(cc(OC)c(OC)c3Oc3cc4c(cc3OC)CCN(C)C4=O)CCN2C)cc1Oc1ccc(C(=O)O)cc1. The van der Waals surface area contributed by atoms with Gasteiger partial charge in [-0.25, -0.2) is 4.79 Å². The van der Waals surface area contributed by atoms with Crippen molar-refractivity contribution in [3.63, 3.8) is 0 Å². The standard InChI is InChI=1S/C38H40N2O9/c1-39-15-14-25-20-33(46-5)35(47-6)36(49-32-21-27-24(19-30(32)45-4)13-16-40(2)37(27)41)34(25)28(39)17-22-7-12-29(44-3)31(18-22)48-26-10-8-23(9-11-26)38(42)43/h7-12,18-21,28H,13-17H2,1-6H3,(H,42,43). The topological polar surface area (TPSA) is 116 Å². The van der Waals surface area contributed by atoms with Crippen molar-refractivity contribution in [2.75, 3.05) is 55.6 Å². The Morgan fingerprint density at radius 2 is 1.41 bits per heavy atom. The summed E-state index contributed by atoms with van der Waals surface area (Å²) in [4.78, 5) is 28.4. The highest BCUT2D eigenvalue weighted by Crippen LogP contribution is 2.51. The molecule has 0 aromatic heterocycles. The van der Waals surface area contributed by atoms with Crippen LogP contribution in [0.25, 0.3) is 0 Å². The van der Waals surface area contributed by atoms with Crippen LogP contribution in [0.1, 0.15) is 49.0 Å². The molecule has 0 aliphatic carbocycles. The molecule has 2 aliphatic heterocycles. The van der Waals surface area contributed by atoms with Gasteiger partial charge in [0.15, 0.2) is 34.5 Å². The lowest BCUT2D eigenvalue weighted by molar-refractivity contribution is 0.0696. The molecule has 2 aliphatic rings. The molecule has 1 unspecified atom stereocenters. The van der Waals surface area contributed by atoms with Gasteiger partial charge in [-0.05, 0) is 97.6 Å². The van der Waals surface area contributed by atoms with Crippen LogP contribution in [0.4, 0.5) is 0 Å². The minimum Gasteiger partial charge on any atom is -0.493 e. The van der Waals surface area contributed by atoms with Crippen LogP contribution in [0, 0.1) is 0 Å². The first kappa shape index (κ1) is 33.5. The number of carbonyl (C=O) groups excluding carboxylic acids is 1. The number of carboxylic acids is 1. The second-order valence-electron chi connectivity index (χ2n) is 12.1. The van der Waals surface area contributed by atoms with Crippen LogP contribution in [0.5, 0.6) is 46.0 Å². The molecular weight excluding hydrogens is 628 g/mol. The number of carbonyl (C=O) groups is 2. The summed E-state index contributed by atoms with van der Waals surface area (Å²) in [6.07, 6.45) is 2.06. The fourth-order valence-corrected chi connectivity index (χ4v) is 6.53. The number of fused-ring (bicyclic) bond motifs is 2. The summed E-state index contributed by atoms with van der Waals surface area (Å²) in [5, 5.41) is 9.28. The van der Waals surface area contributed by atoms with Crippen LogP contribution >= 0.6 is 0 Å². The van der Waals surface area contributed by atoms with Crippen LogP contribution in [0.3, 0.4) is 0 Å². The van der Waals surface area contributed by atoms with E-state index in [0.29, 0.717) is 64.5 Å². The third kappa shape index (κ3) is 6.54. The van der Waals surface area contributed by atoms with Gasteiger partial charge in [0.2, 0.25) is 5.75 Å². The van der Waals surface area contributed by atoms with Gasteiger partial charge < -0.3 is 38.4 Å². The number of amides is 1. The van der Waals surface area contributed by atoms with Gasteiger partial charge in [-0.1, -0.05) is 6.07 Å². The Balaban J connectivity index is 1.41. The Morgan fingerprint density at radius 3 is 2.08 bits per heavy atom.